The molecular weight excluding hydrogens is 346 g/mol. The van der Waals surface area contributed by atoms with Crippen LogP contribution in [0.4, 0.5) is 5.69 Å². The van der Waals surface area contributed by atoms with Crippen LogP contribution < -0.4 is 14.2 Å². The number of nitro groups is 1. The summed E-state index contributed by atoms with van der Waals surface area (Å²) in [6, 6.07) is 10.9. The predicted octanol–water partition coefficient (Wildman–Crippen LogP) is 4.67. The molecule has 1 heterocycles. The van der Waals surface area contributed by atoms with Gasteiger partial charge in [0.05, 0.1) is 30.3 Å². The SMILES string of the molecule is COc1ccc2c(c1)OC(C[CH]CCOc1cccc([N+](=O)[O-])c1C)CC2. The van der Waals surface area contributed by atoms with E-state index in [2.05, 4.69) is 12.5 Å². The summed E-state index contributed by atoms with van der Waals surface area (Å²) in [4.78, 5) is 10.6. The second-order valence-corrected chi connectivity index (χ2v) is 6.57. The molecule has 0 saturated heterocycles. The summed E-state index contributed by atoms with van der Waals surface area (Å²) in [6.07, 6.45) is 5.90. The molecule has 0 aliphatic carbocycles. The molecule has 0 spiro atoms. The molecule has 1 unspecified atom stereocenters. The number of nitro benzene ring substituents is 1. The number of benzene rings is 2. The van der Waals surface area contributed by atoms with Crippen LogP contribution in [0.5, 0.6) is 17.2 Å². The van der Waals surface area contributed by atoms with E-state index in [0.717, 1.165) is 37.2 Å². The first kappa shape index (κ1) is 19.0. The fourth-order valence-electron chi connectivity index (χ4n) is 3.21. The lowest BCUT2D eigenvalue weighted by Gasteiger charge is -2.26. The number of methoxy groups -OCH3 is 1. The van der Waals surface area contributed by atoms with Gasteiger partial charge in [0.15, 0.2) is 0 Å². The number of fused-ring (bicyclic) bond motifs is 1. The van der Waals surface area contributed by atoms with Gasteiger partial charge in [-0.2, -0.15) is 0 Å². The molecule has 3 rings (SSSR count). The molecule has 0 N–H and O–H groups in total. The maximum Gasteiger partial charge on any atom is 0.276 e. The van der Waals surface area contributed by atoms with Gasteiger partial charge in [0.1, 0.15) is 17.2 Å². The summed E-state index contributed by atoms with van der Waals surface area (Å²) < 4.78 is 17.0. The number of aryl methyl sites for hydroxylation is 1. The van der Waals surface area contributed by atoms with Crippen molar-refractivity contribution in [2.75, 3.05) is 13.7 Å². The normalized spacial score (nSPS) is 15.6. The van der Waals surface area contributed by atoms with Crippen LogP contribution in [0.1, 0.15) is 30.4 Å². The minimum atomic E-state index is -0.387. The monoisotopic (exact) mass is 370 g/mol. The Balaban J connectivity index is 1.43. The summed E-state index contributed by atoms with van der Waals surface area (Å²) in [7, 11) is 1.65. The third-order valence-electron chi connectivity index (χ3n) is 4.76. The molecule has 143 valence electrons. The molecular formula is C21H24NO5. The highest BCUT2D eigenvalue weighted by atomic mass is 16.6. The van der Waals surface area contributed by atoms with Gasteiger partial charge in [-0.1, -0.05) is 12.1 Å². The van der Waals surface area contributed by atoms with Crippen LogP contribution in [0, 0.1) is 23.5 Å². The molecule has 1 radical (unpaired) electrons. The first-order valence-electron chi connectivity index (χ1n) is 9.10. The van der Waals surface area contributed by atoms with Crippen molar-refractivity contribution in [2.24, 2.45) is 0 Å². The van der Waals surface area contributed by atoms with E-state index in [1.165, 1.54) is 11.6 Å². The summed E-state index contributed by atoms with van der Waals surface area (Å²) in [6.45, 7) is 2.19. The van der Waals surface area contributed by atoms with E-state index in [1.807, 2.05) is 12.1 Å². The first-order valence-corrected chi connectivity index (χ1v) is 9.10. The van der Waals surface area contributed by atoms with E-state index in [-0.39, 0.29) is 16.7 Å². The molecule has 0 bridgehead atoms. The predicted molar refractivity (Wildman–Crippen MR) is 103 cm³/mol. The highest BCUT2D eigenvalue weighted by Crippen LogP contribution is 2.32. The number of hydrogen-bond acceptors (Lipinski definition) is 5. The number of hydrogen-bond donors (Lipinski definition) is 0. The van der Waals surface area contributed by atoms with Gasteiger partial charge in [0, 0.05) is 12.1 Å². The van der Waals surface area contributed by atoms with Crippen molar-refractivity contribution in [1.29, 1.82) is 0 Å². The van der Waals surface area contributed by atoms with Gasteiger partial charge in [-0.25, -0.2) is 0 Å². The fraction of sp³-hybridized carbons (Fsp3) is 0.381. The second-order valence-electron chi connectivity index (χ2n) is 6.57. The zero-order chi connectivity index (χ0) is 19.2. The second kappa shape index (κ2) is 8.75. The van der Waals surface area contributed by atoms with Crippen LogP contribution in [0.25, 0.3) is 0 Å². The number of nitrogens with zero attached hydrogens (tertiary/aromatic N) is 1. The van der Waals surface area contributed by atoms with E-state index in [0.29, 0.717) is 17.9 Å². The topological polar surface area (TPSA) is 70.8 Å². The molecule has 1 atom stereocenters. The zero-order valence-corrected chi connectivity index (χ0v) is 15.6. The Bertz CT molecular complexity index is 805. The smallest absolute Gasteiger partial charge is 0.276 e. The summed E-state index contributed by atoms with van der Waals surface area (Å²) in [5.41, 5.74) is 1.86. The molecule has 6 heteroatoms. The van der Waals surface area contributed by atoms with Crippen LogP contribution >= 0.6 is 0 Å². The van der Waals surface area contributed by atoms with E-state index in [1.54, 1.807) is 26.2 Å². The Hall–Kier alpha value is -2.76. The third kappa shape index (κ3) is 4.70. The molecule has 1 aliphatic rings. The average molecular weight is 370 g/mol. The van der Waals surface area contributed by atoms with Crippen LogP contribution in [0.3, 0.4) is 0 Å². The van der Waals surface area contributed by atoms with E-state index < -0.39 is 0 Å². The van der Waals surface area contributed by atoms with E-state index in [4.69, 9.17) is 14.2 Å². The molecule has 2 aromatic carbocycles. The lowest BCUT2D eigenvalue weighted by molar-refractivity contribution is -0.385. The first-order chi connectivity index (χ1) is 13.1. The van der Waals surface area contributed by atoms with Crippen molar-refractivity contribution in [3.8, 4) is 17.2 Å². The van der Waals surface area contributed by atoms with Gasteiger partial charge in [-0.15, -0.1) is 0 Å². The van der Waals surface area contributed by atoms with Crippen molar-refractivity contribution in [1.82, 2.24) is 0 Å². The quantitative estimate of drug-likeness (QED) is 0.384. The Labute approximate surface area is 159 Å². The summed E-state index contributed by atoms with van der Waals surface area (Å²) in [5.74, 6) is 2.27. The van der Waals surface area contributed by atoms with Gasteiger partial charge in [0.2, 0.25) is 0 Å². The van der Waals surface area contributed by atoms with Gasteiger partial charge < -0.3 is 14.2 Å². The van der Waals surface area contributed by atoms with Crippen LogP contribution in [0.15, 0.2) is 36.4 Å². The van der Waals surface area contributed by atoms with Crippen molar-refractivity contribution >= 4 is 5.69 Å². The number of ether oxygens (including phenoxy) is 3. The van der Waals surface area contributed by atoms with Crippen LogP contribution in [0.2, 0.25) is 0 Å². The lowest BCUT2D eigenvalue weighted by Crippen LogP contribution is -2.22. The molecule has 0 saturated carbocycles. The van der Waals surface area contributed by atoms with Crippen molar-refractivity contribution in [3.05, 3.63) is 64.1 Å². The fourth-order valence-corrected chi connectivity index (χ4v) is 3.21. The highest BCUT2D eigenvalue weighted by Gasteiger charge is 2.20. The molecule has 0 amide bonds. The minimum Gasteiger partial charge on any atom is -0.497 e. The molecule has 0 fully saturated rings. The Morgan fingerprint density at radius 2 is 2.19 bits per heavy atom. The molecule has 0 aromatic heterocycles. The van der Waals surface area contributed by atoms with Gasteiger partial charge in [0.25, 0.3) is 5.69 Å². The maximum atomic E-state index is 11.0. The summed E-state index contributed by atoms with van der Waals surface area (Å²) in [5, 5.41) is 11.0. The molecule has 1 aliphatic heterocycles. The van der Waals surface area contributed by atoms with Crippen molar-refractivity contribution < 1.29 is 19.1 Å². The van der Waals surface area contributed by atoms with Crippen molar-refractivity contribution in [3.63, 3.8) is 0 Å². The van der Waals surface area contributed by atoms with Crippen molar-refractivity contribution in [2.45, 2.75) is 38.7 Å². The van der Waals surface area contributed by atoms with Gasteiger partial charge in [-0.3, -0.25) is 10.1 Å². The Kier molecular flexibility index (Phi) is 6.16. The number of rotatable bonds is 8. The highest BCUT2D eigenvalue weighted by molar-refractivity contribution is 5.48. The standard InChI is InChI=1S/C21H24NO5/c1-15-19(22(23)24)7-5-8-20(15)26-13-4-3-6-17-11-9-16-10-12-18(25-2)14-21(16)27-17/h3,5,7-8,10,12,14,17H,4,6,9,11,13H2,1-2H3. The van der Waals surface area contributed by atoms with Crippen LogP contribution in [-0.2, 0) is 6.42 Å². The zero-order valence-electron chi connectivity index (χ0n) is 15.6. The lowest BCUT2D eigenvalue weighted by atomic mass is 9.99. The summed E-state index contributed by atoms with van der Waals surface area (Å²) >= 11 is 0. The molecule has 6 nitrogen and oxygen atoms in total. The largest absolute Gasteiger partial charge is 0.497 e. The van der Waals surface area contributed by atoms with Crippen LogP contribution in [-0.4, -0.2) is 24.7 Å². The number of unbranched alkanes of at least 4 members (excludes halogenated alkanes) is 1. The third-order valence-corrected chi connectivity index (χ3v) is 4.76. The van der Waals surface area contributed by atoms with E-state index in [9.17, 15) is 10.1 Å². The molecule has 27 heavy (non-hydrogen) atoms. The Morgan fingerprint density at radius 1 is 1.33 bits per heavy atom. The van der Waals surface area contributed by atoms with E-state index >= 15 is 0 Å². The van der Waals surface area contributed by atoms with Gasteiger partial charge in [-0.05, 0) is 56.7 Å². The molecule has 2 aromatic rings. The average Bonchev–Trinajstić information content (AvgIpc) is 2.68. The minimum absolute atomic E-state index is 0.0844. The maximum absolute atomic E-state index is 11.0. The van der Waals surface area contributed by atoms with Gasteiger partial charge >= 0.3 is 0 Å². The Morgan fingerprint density at radius 3 is 2.96 bits per heavy atom.